The van der Waals surface area contributed by atoms with Crippen molar-refractivity contribution >= 4 is 11.8 Å². The summed E-state index contributed by atoms with van der Waals surface area (Å²) in [6, 6.07) is 29.7. The Morgan fingerprint density at radius 1 is 0.878 bits per heavy atom. The number of halogens is 1. The van der Waals surface area contributed by atoms with Crippen molar-refractivity contribution in [1.29, 1.82) is 0 Å². The van der Waals surface area contributed by atoms with E-state index >= 15 is 0 Å². The highest BCUT2D eigenvalue weighted by Gasteiger charge is 2.19. The molecule has 0 fully saturated rings. The lowest BCUT2D eigenvalue weighted by molar-refractivity contribution is 0.164. The Balaban J connectivity index is 1.39. The first-order valence-corrected chi connectivity index (χ1v) is 13.5. The van der Waals surface area contributed by atoms with Crippen LogP contribution >= 0.6 is 0 Å². The van der Waals surface area contributed by atoms with Gasteiger partial charge < -0.3 is 9.30 Å². The molecule has 0 saturated carbocycles. The van der Waals surface area contributed by atoms with Crippen molar-refractivity contribution < 1.29 is 13.9 Å². The number of anilines is 1. The number of aryl methyl sites for hydroxylation is 1. The number of para-hydroxylation sites is 1. The monoisotopic (exact) mass is 544 g/mol. The maximum Gasteiger partial charge on any atom is 0.411 e. The number of nitrogens with one attached hydrogen (secondary N) is 1. The van der Waals surface area contributed by atoms with Crippen LogP contribution in [0.5, 0.6) is 0 Å². The molecule has 5 aromatic rings. The molecule has 5 rings (SSSR count). The van der Waals surface area contributed by atoms with Gasteiger partial charge in [0.25, 0.3) is 0 Å². The summed E-state index contributed by atoms with van der Waals surface area (Å²) < 4.78 is 21.2. The highest BCUT2D eigenvalue weighted by Crippen LogP contribution is 2.33. The largest absolute Gasteiger partial charge is 0.448 e. The second-order valence-electron chi connectivity index (χ2n) is 9.29. The minimum Gasteiger partial charge on any atom is -0.448 e. The fourth-order valence-corrected chi connectivity index (χ4v) is 4.48. The summed E-state index contributed by atoms with van der Waals surface area (Å²) in [7, 11) is 0. The Kier molecular flexibility index (Phi) is 9.15. The molecule has 2 heterocycles. The number of amides is 1. The summed E-state index contributed by atoms with van der Waals surface area (Å²) in [6.45, 7) is 0.823. The minimum atomic E-state index is -0.529. The lowest BCUT2D eigenvalue weighted by Crippen LogP contribution is -2.14. The van der Waals surface area contributed by atoms with Crippen molar-refractivity contribution in [1.82, 2.24) is 14.5 Å². The Morgan fingerprint density at radius 2 is 1.59 bits per heavy atom. The zero-order valence-corrected chi connectivity index (χ0v) is 22.5. The van der Waals surface area contributed by atoms with Crippen molar-refractivity contribution in [3.05, 3.63) is 127 Å². The van der Waals surface area contributed by atoms with Crippen molar-refractivity contribution in [2.45, 2.75) is 25.8 Å². The maximum atomic E-state index is 13.8. The predicted molar refractivity (Wildman–Crippen MR) is 159 cm³/mol. The molecular formula is C34H29FN4O2. The predicted octanol–water partition coefficient (Wildman–Crippen LogP) is 7.37. The second-order valence-corrected chi connectivity index (χ2v) is 9.29. The average Bonchev–Trinajstić information content (AvgIpc) is 3.37. The number of aromatic nitrogens is 3. The van der Waals surface area contributed by atoms with Gasteiger partial charge in [0.15, 0.2) is 5.82 Å². The van der Waals surface area contributed by atoms with E-state index in [1.54, 1.807) is 36.7 Å². The Labute approximate surface area is 238 Å². The molecule has 1 N–H and O–H groups in total. The van der Waals surface area contributed by atoms with Crippen molar-refractivity contribution in [3.63, 3.8) is 0 Å². The molecule has 0 saturated heterocycles. The van der Waals surface area contributed by atoms with Gasteiger partial charge >= 0.3 is 6.09 Å². The first-order valence-electron chi connectivity index (χ1n) is 13.5. The van der Waals surface area contributed by atoms with Gasteiger partial charge in [0, 0.05) is 42.2 Å². The molecule has 1 amide bonds. The third-order valence-corrected chi connectivity index (χ3v) is 6.41. The van der Waals surface area contributed by atoms with Crippen LogP contribution in [-0.2, 0) is 17.7 Å². The van der Waals surface area contributed by atoms with Crippen molar-refractivity contribution in [3.8, 4) is 34.4 Å². The molecule has 0 aliphatic heterocycles. The van der Waals surface area contributed by atoms with E-state index < -0.39 is 6.09 Å². The van der Waals surface area contributed by atoms with E-state index in [9.17, 15) is 9.18 Å². The fraction of sp³-hybridized carbons (Fsp3) is 0.147. The van der Waals surface area contributed by atoms with E-state index in [0.717, 1.165) is 35.4 Å². The number of carbonyl (C=O) groups excluding carboxylic acids is 1. The standard InChI is InChI=1S/C34H29FN4O2/c35-29-18-16-27(17-19-29)32-33(28-20-22-36-23-21-28)39(24-9-12-26-10-3-1-4-11-26)31(38-32)15-7-8-25-41-34(40)37-30-13-5-2-6-14-30/h1-6,10-11,13-14,16-23H,8-9,12,24-25H2,(H,37,40). The molecule has 7 heteroatoms. The highest BCUT2D eigenvalue weighted by atomic mass is 19.1. The number of pyridine rings is 1. The number of benzene rings is 3. The molecule has 2 aromatic heterocycles. The number of ether oxygens (including phenoxy) is 1. The topological polar surface area (TPSA) is 69.0 Å². The van der Waals surface area contributed by atoms with Gasteiger partial charge in [-0.2, -0.15) is 0 Å². The SMILES string of the molecule is O=C(Nc1ccccc1)OCCC#Cc1nc(-c2ccc(F)cc2)c(-c2ccncc2)n1CCCc1ccccc1. The van der Waals surface area contributed by atoms with Gasteiger partial charge in [-0.05, 0) is 72.9 Å². The molecule has 0 unspecified atom stereocenters. The van der Waals surface area contributed by atoms with Gasteiger partial charge in [-0.15, -0.1) is 0 Å². The summed E-state index contributed by atoms with van der Waals surface area (Å²) in [6.07, 6.45) is 5.08. The van der Waals surface area contributed by atoms with Crippen LogP contribution in [0.2, 0.25) is 0 Å². The Hall–Kier alpha value is -5.22. The average molecular weight is 545 g/mol. The number of imidazole rings is 1. The van der Waals surface area contributed by atoms with E-state index in [-0.39, 0.29) is 12.4 Å². The zero-order chi connectivity index (χ0) is 28.3. The first-order chi connectivity index (χ1) is 20.2. The number of rotatable bonds is 9. The Morgan fingerprint density at radius 3 is 2.32 bits per heavy atom. The van der Waals surface area contributed by atoms with Crippen LogP contribution in [-0.4, -0.2) is 27.2 Å². The number of hydrogen-bond donors (Lipinski definition) is 1. The van der Waals surface area contributed by atoms with Crippen LogP contribution in [0, 0.1) is 17.7 Å². The Bertz CT molecular complexity index is 1630. The minimum absolute atomic E-state index is 0.141. The summed E-state index contributed by atoms with van der Waals surface area (Å²) in [5, 5.41) is 2.69. The maximum absolute atomic E-state index is 13.8. The number of carbonyl (C=O) groups is 1. The quantitative estimate of drug-likeness (QED) is 0.155. The van der Waals surface area contributed by atoms with E-state index in [1.165, 1.54) is 17.7 Å². The summed E-state index contributed by atoms with van der Waals surface area (Å²) in [5.74, 6) is 6.60. The lowest BCUT2D eigenvalue weighted by Gasteiger charge is -2.12. The molecule has 0 aliphatic carbocycles. The molecule has 41 heavy (non-hydrogen) atoms. The third kappa shape index (κ3) is 7.46. The van der Waals surface area contributed by atoms with Gasteiger partial charge in [0.1, 0.15) is 12.4 Å². The van der Waals surface area contributed by atoms with Crippen LogP contribution in [0.25, 0.3) is 22.5 Å². The smallest absolute Gasteiger partial charge is 0.411 e. The van der Waals surface area contributed by atoms with Gasteiger partial charge in [-0.3, -0.25) is 10.3 Å². The molecule has 204 valence electrons. The van der Waals surface area contributed by atoms with Gasteiger partial charge in [-0.25, -0.2) is 14.2 Å². The summed E-state index contributed by atoms with van der Waals surface area (Å²) in [5.41, 5.74) is 5.28. The number of hydrogen-bond acceptors (Lipinski definition) is 4. The zero-order valence-electron chi connectivity index (χ0n) is 22.5. The van der Waals surface area contributed by atoms with E-state index in [4.69, 9.17) is 9.72 Å². The van der Waals surface area contributed by atoms with Gasteiger partial charge in [0.2, 0.25) is 0 Å². The van der Waals surface area contributed by atoms with Crippen molar-refractivity contribution in [2.75, 3.05) is 11.9 Å². The third-order valence-electron chi connectivity index (χ3n) is 6.41. The van der Waals surface area contributed by atoms with Gasteiger partial charge in [0.05, 0.1) is 11.4 Å². The summed E-state index contributed by atoms with van der Waals surface area (Å²) >= 11 is 0. The van der Waals surface area contributed by atoms with E-state index in [0.29, 0.717) is 24.5 Å². The molecule has 0 spiro atoms. The summed E-state index contributed by atoms with van der Waals surface area (Å²) in [4.78, 5) is 21.2. The molecule has 0 aliphatic rings. The molecule has 0 radical (unpaired) electrons. The van der Waals surface area contributed by atoms with Gasteiger partial charge in [-0.1, -0.05) is 54.5 Å². The molecule has 0 bridgehead atoms. The molecular weight excluding hydrogens is 515 g/mol. The van der Waals surface area contributed by atoms with Crippen LogP contribution in [0.1, 0.15) is 24.2 Å². The normalized spacial score (nSPS) is 10.5. The van der Waals surface area contributed by atoms with Crippen LogP contribution in [0.3, 0.4) is 0 Å². The van der Waals surface area contributed by atoms with E-state index in [2.05, 4.69) is 38.8 Å². The van der Waals surface area contributed by atoms with Crippen LogP contribution in [0.4, 0.5) is 14.9 Å². The van der Waals surface area contributed by atoms with Crippen LogP contribution < -0.4 is 5.32 Å². The van der Waals surface area contributed by atoms with Crippen molar-refractivity contribution in [2.24, 2.45) is 0 Å². The lowest BCUT2D eigenvalue weighted by atomic mass is 10.1. The molecule has 0 atom stereocenters. The second kappa shape index (κ2) is 13.7. The molecule has 3 aromatic carbocycles. The number of nitrogens with zero attached hydrogens (tertiary/aromatic N) is 3. The first kappa shape index (κ1) is 27.4. The van der Waals surface area contributed by atoms with Crippen LogP contribution in [0.15, 0.2) is 109 Å². The highest BCUT2D eigenvalue weighted by molar-refractivity contribution is 5.84. The molecule has 6 nitrogen and oxygen atoms in total. The van der Waals surface area contributed by atoms with E-state index in [1.807, 2.05) is 48.5 Å². The fourth-order valence-electron chi connectivity index (χ4n) is 4.48.